The van der Waals surface area contributed by atoms with E-state index in [0.29, 0.717) is 6.54 Å². The van der Waals surface area contributed by atoms with Crippen molar-refractivity contribution in [2.24, 2.45) is 5.73 Å². The maximum Gasteiger partial charge on any atom is 0.119 e. The van der Waals surface area contributed by atoms with Crippen molar-refractivity contribution in [3.63, 3.8) is 0 Å². The predicted molar refractivity (Wildman–Crippen MR) is 65.9 cm³/mol. The number of hydrogen-bond donors (Lipinski definition) is 1. The fourth-order valence-electron chi connectivity index (χ4n) is 1.75. The lowest BCUT2D eigenvalue weighted by Crippen LogP contribution is -2.01. The minimum atomic E-state index is 0.713. The lowest BCUT2D eigenvalue weighted by molar-refractivity contribution is 0.415. The van der Waals surface area contributed by atoms with Crippen LogP contribution in [0.3, 0.4) is 0 Å². The number of aryl methyl sites for hydroxylation is 1. The van der Waals surface area contributed by atoms with Gasteiger partial charge in [-0.15, -0.1) is 11.3 Å². The van der Waals surface area contributed by atoms with E-state index in [0.717, 1.165) is 12.2 Å². The molecule has 0 spiro atoms. The Morgan fingerprint density at radius 1 is 1.40 bits per heavy atom. The predicted octanol–water partition coefficient (Wildman–Crippen LogP) is 2.72. The Bertz CT molecular complexity index is 476. The van der Waals surface area contributed by atoms with Crippen molar-refractivity contribution < 1.29 is 4.74 Å². The molecule has 0 fully saturated rings. The summed E-state index contributed by atoms with van der Waals surface area (Å²) < 4.78 is 6.54. The maximum atomic E-state index is 5.59. The number of nitrogens with two attached hydrogens (primary N) is 1. The summed E-state index contributed by atoms with van der Waals surface area (Å²) in [5.74, 6) is 0.919. The van der Waals surface area contributed by atoms with Crippen molar-refractivity contribution in [3.05, 3.63) is 28.6 Å². The van der Waals surface area contributed by atoms with Crippen LogP contribution in [0.1, 0.15) is 10.4 Å². The van der Waals surface area contributed by atoms with Crippen molar-refractivity contribution in [1.29, 1.82) is 0 Å². The normalized spacial score (nSPS) is 10.9. The molecular formula is C12H15NOS. The van der Waals surface area contributed by atoms with Crippen molar-refractivity contribution in [1.82, 2.24) is 0 Å². The summed E-state index contributed by atoms with van der Waals surface area (Å²) in [5, 5.41) is 1.29. The van der Waals surface area contributed by atoms with E-state index in [1.54, 1.807) is 7.11 Å². The molecule has 0 saturated carbocycles. The van der Waals surface area contributed by atoms with Gasteiger partial charge in [0.05, 0.1) is 7.11 Å². The second kappa shape index (κ2) is 4.21. The second-order valence-corrected chi connectivity index (χ2v) is 4.69. The molecular weight excluding hydrogens is 206 g/mol. The Kier molecular flexibility index (Phi) is 2.93. The van der Waals surface area contributed by atoms with Gasteiger partial charge in [0.15, 0.2) is 0 Å². The molecule has 80 valence electrons. The molecule has 0 aliphatic rings. The number of fused-ring (bicyclic) bond motifs is 1. The summed E-state index contributed by atoms with van der Waals surface area (Å²) in [4.78, 5) is 1.39. The van der Waals surface area contributed by atoms with Gasteiger partial charge in [0, 0.05) is 9.58 Å². The third-order valence-corrected chi connectivity index (χ3v) is 3.95. The molecule has 2 N–H and O–H groups in total. The van der Waals surface area contributed by atoms with Gasteiger partial charge in [0.1, 0.15) is 5.75 Å². The molecule has 0 bridgehead atoms. The largest absolute Gasteiger partial charge is 0.497 e. The number of methoxy groups -OCH3 is 1. The van der Waals surface area contributed by atoms with E-state index in [9.17, 15) is 0 Å². The van der Waals surface area contributed by atoms with Gasteiger partial charge in [0.25, 0.3) is 0 Å². The van der Waals surface area contributed by atoms with Crippen LogP contribution in [0.15, 0.2) is 18.2 Å². The molecule has 1 aromatic heterocycles. The van der Waals surface area contributed by atoms with Crippen LogP contribution in [0, 0.1) is 6.92 Å². The molecule has 15 heavy (non-hydrogen) atoms. The third kappa shape index (κ3) is 1.85. The monoisotopic (exact) mass is 221 g/mol. The van der Waals surface area contributed by atoms with Crippen LogP contribution in [0.5, 0.6) is 5.75 Å². The summed E-state index contributed by atoms with van der Waals surface area (Å²) >= 11 is 1.83. The van der Waals surface area contributed by atoms with Crippen LogP contribution in [-0.4, -0.2) is 13.7 Å². The summed E-state index contributed by atoms with van der Waals surface area (Å²) in [6.07, 6.45) is 0.966. The number of benzene rings is 1. The quantitative estimate of drug-likeness (QED) is 0.865. The first-order valence-electron chi connectivity index (χ1n) is 5.02. The van der Waals surface area contributed by atoms with E-state index in [2.05, 4.69) is 19.1 Å². The van der Waals surface area contributed by atoms with Crippen LogP contribution in [0.2, 0.25) is 0 Å². The van der Waals surface area contributed by atoms with Crippen molar-refractivity contribution in [3.8, 4) is 5.75 Å². The summed E-state index contributed by atoms with van der Waals surface area (Å²) in [7, 11) is 1.70. The molecule has 2 aromatic rings. The van der Waals surface area contributed by atoms with Gasteiger partial charge >= 0.3 is 0 Å². The number of ether oxygens (including phenoxy) is 1. The summed E-state index contributed by atoms with van der Waals surface area (Å²) in [6.45, 7) is 2.87. The first-order chi connectivity index (χ1) is 7.26. The van der Waals surface area contributed by atoms with E-state index in [1.807, 2.05) is 17.4 Å². The molecule has 1 heterocycles. The Morgan fingerprint density at radius 2 is 2.20 bits per heavy atom. The van der Waals surface area contributed by atoms with Gasteiger partial charge < -0.3 is 10.5 Å². The summed E-state index contributed by atoms with van der Waals surface area (Å²) in [6, 6.07) is 6.22. The van der Waals surface area contributed by atoms with Crippen molar-refractivity contribution in [2.45, 2.75) is 13.3 Å². The first kappa shape index (κ1) is 10.5. The number of rotatable bonds is 3. The highest BCUT2D eigenvalue weighted by Crippen LogP contribution is 2.33. The van der Waals surface area contributed by atoms with E-state index < -0.39 is 0 Å². The van der Waals surface area contributed by atoms with Crippen LogP contribution < -0.4 is 10.5 Å². The molecule has 0 atom stereocenters. The lowest BCUT2D eigenvalue weighted by Gasteiger charge is -1.99. The molecule has 3 heteroatoms. The second-order valence-electron chi connectivity index (χ2n) is 3.55. The van der Waals surface area contributed by atoms with Crippen molar-refractivity contribution in [2.75, 3.05) is 13.7 Å². The molecule has 1 aromatic carbocycles. The number of hydrogen-bond acceptors (Lipinski definition) is 3. The molecule has 0 saturated heterocycles. The Labute approximate surface area is 93.7 Å². The zero-order chi connectivity index (χ0) is 10.8. The zero-order valence-corrected chi connectivity index (χ0v) is 9.86. The minimum absolute atomic E-state index is 0.713. The minimum Gasteiger partial charge on any atom is -0.497 e. The number of thiophene rings is 1. The first-order valence-corrected chi connectivity index (χ1v) is 5.84. The zero-order valence-electron chi connectivity index (χ0n) is 9.04. The van der Waals surface area contributed by atoms with Crippen molar-refractivity contribution >= 4 is 21.4 Å². The highest BCUT2D eigenvalue weighted by molar-refractivity contribution is 7.19. The average Bonchev–Trinajstić information content (AvgIpc) is 2.56. The molecule has 0 radical (unpaired) electrons. The highest BCUT2D eigenvalue weighted by atomic mass is 32.1. The molecule has 0 unspecified atom stereocenters. The smallest absolute Gasteiger partial charge is 0.119 e. The summed E-state index contributed by atoms with van der Waals surface area (Å²) in [5.41, 5.74) is 6.94. The van der Waals surface area contributed by atoms with Crippen LogP contribution in [-0.2, 0) is 6.42 Å². The van der Waals surface area contributed by atoms with E-state index >= 15 is 0 Å². The van der Waals surface area contributed by atoms with Gasteiger partial charge in [-0.2, -0.15) is 0 Å². The fourth-order valence-corrected chi connectivity index (χ4v) is 2.95. The van der Waals surface area contributed by atoms with Crippen LogP contribution in [0.4, 0.5) is 0 Å². The standard InChI is InChI=1S/C12H15NOS/c1-8-10-7-9(14-2)3-4-12(10)15-11(8)5-6-13/h3-4,7H,5-6,13H2,1-2H3. The van der Waals surface area contributed by atoms with Crippen LogP contribution in [0.25, 0.3) is 10.1 Å². The Morgan fingerprint density at radius 3 is 2.87 bits per heavy atom. The van der Waals surface area contributed by atoms with Gasteiger partial charge in [-0.25, -0.2) is 0 Å². The molecule has 0 aliphatic heterocycles. The van der Waals surface area contributed by atoms with E-state index in [4.69, 9.17) is 10.5 Å². The van der Waals surface area contributed by atoms with E-state index in [-0.39, 0.29) is 0 Å². The Balaban J connectivity index is 2.56. The molecule has 2 nitrogen and oxygen atoms in total. The highest BCUT2D eigenvalue weighted by Gasteiger charge is 2.08. The molecule has 2 rings (SSSR count). The van der Waals surface area contributed by atoms with Gasteiger partial charge in [-0.05, 0) is 49.0 Å². The third-order valence-electron chi connectivity index (χ3n) is 2.61. The lowest BCUT2D eigenvalue weighted by atomic mass is 10.1. The fraction of sp³-hybridized carbons (Fsp3) is 0.333. The van der Waals surface area contributed by atoms with Crippen LogP contribution >= 0.6 is 11.3 Å². The van der Waals surface area contributed by atoms with E-state index in [1.165, 1.54) is 20.5 Å². The average molecular weight is 221 g/mol. The SMILES string of the molecule is COc1ccc2sc(CCN)c(C)c2c1. The Hall–Kier alpha value is -1.06. The van der Waals surface area contributed by atoms with Gasteiger partial charge in [-0.1, -0.05) is 0 Å². The van der Waals surface area contributed by atoms with Gasteiger partial charge in [-0.3, -0.25) is 0 Å². The molecule has 0 amide bonds. The topological polar surface area (TPSA) is 35.2 Å². The molecule has 0 aliphatic carbocycles. The van der Waals surface area contributed by atoms with Gasteiger partial charge in [0.2, 0.25) is 0 Å². The maximum absolute atomic E-state index is 5.59.